The van der Waals surface area contributed by atoms with Crippen molar-refractivity contribution in [3.63, 3.8) is 0 Å². The molecular formula is C20H25NO. The molecule has 0 spiro atoms. The number of likely N-dealkylation sites (tertiary alicyclic amines) is 1. The van der Waals surface area contributed by atoms with Crippen molar-refractivity contribution in [3.8, 4) is 0 Å². The van der Waals surface area contributed by atoms with E-state index in [4.69, 9.17) is 4.74 Å². The summed E-state index contributed by atoms with van der Waals surface area (Å²) in [4.78, 5) is 2.55. The largest absolute Gasteiger partial charge is 0.368 e. The van der Waals surface area contributed by atoms with Crippen molar-refractivity contribution in [1.82, 2.24) is 4.90 Å². The van der Waals surface area contributed by atoms with Crippen LogP contribution >= 0.6 is 0 Å². The number of hydrogen-bond acceptors (Lipinski definition) is 2. The summed E-state index contributed by atoms with van der Waals surface area (Å²) in [5.41, 5.74) is 2.52. The molecule has 22 heavy (non-hydrogen) atoms. The molecule has 3 rings (SSSR count). The SMILES string of the molecule is c1ccc(CO[C@@H](CN2CCCCC2)c2ccccc2)cc1. The zero-order valence-corrected chi connectivity index (χ0v) is 13.2. The van der Waals surface area contributed by atoms with Gasteiger partial charge in [-0.1, -0.05) is 67.1 Å². The summed E-state index contributed by atoms with van der Waals surface area (Å²) in [6, 6.07) is 21.1. The van der Waals surface area contributed by atoms with Crippen LogP contribution in [0.15, 0.2) is 60.7 Å². The molecule has 2 aromatic carbocycles. The molecule has 116 valence electrons. The summed E-state index contributed by atoms with van der Waals surface area (Å²) in [6.07, 6.45) is 4.16. The molecule has 0 aromatic heterocycles. The van der Waals surface area contributed by atoms with Crippen LogP contribution < -0.4 is 0 Å². The average molecular weight is 295 g/mol. The van der Waals surface area contributed by atoms with Crippen LogP contribution in [0.4, 0.5) is 0 Å². The second-order valence-corrected chi connectivity index (χ2v) is 6.06. The zero-order valence-electron chi connectivity index (χ0n) is 13.2. The maximum Gasteiger partial charge on any atom is 0.0956 e. The maximum atomic E-state index is 6.28. The smallest absolute Gasteiger partial charge is 0.0956 e. The Balaban J connectivity index is 1.65. The standard InChI is InChI=1S/C20H25NO/c1-4-10-18(11-5-1)17-22-20(19-12-6-2-7-13-19)16-21-14-8-3-9-15-21/h1-2,4-7,10-13,20H,3,8-9,14-17H2/t20-/m0/s1. The lowest BCUT2D eigenvalue weighted by molar-refractivity contribution is 0.00999. The second kappa shape index (κ2) is 8.11. The molecule has 0 radical (unpaired) electrons. The van der Waals surface area contributed by atoms with Gasteiger partial charge in [0.2, 0.25) is 0 Å². The third kappa shape index (κ3) is 4.43. The molecule has 0 amide bonds. The van der Waals surface area contributed by atoms with Gasteiger partial charge in [-0.2, -0.15) is 0 Å². The third-order valence-electron chi connectivity index (χ3n) is 4.34. The molecule has 1 heterocycles. The Bertz CT molecular complexity index is 534. The predicted molar refractivity (Wildman–Crippen MR) is 90.7 cm³/mol. The van der Waals surface area contributed by atoms with Gasteiger partial charge >= 0.3 is 0 Å². The minimum atomic E-state index is 0.152. The van der Waals surface area contributed by atoms with Crippen molar-refractivity contribution in [2.45, 2.75) is 32.0 Å². The van der Waals surface area contributed by atoms with Gasteiger partial charge in [0, 0.05) is 6.54 Å². The first-order valence-corrected chi connectivity index (χ1v) is 8.34. The summed E-state index contributed by atoms with van der Waals surface area (Å²) in [6.45, 7) is 4.08. The molecule has 1 atom stereocenters. The number of hydrogen-bond donors (Lipinski definition) is 0. The Labute approximate surface area is 133 Å². The molecule has 0 saturated carbocycles. The van der Waals surface area contributed by atoms with Crippen molar-refractivity contribution in [1.29, 1.82) is 0 Å². The van der Waals surface area contributed by atoms with Crippen molar-refractivity contribution >= 4 is 0 Å². The van der Waals surface area contributed by atoms with E-state index in [1.54, 1.807) is 0 Å². The lowest BCUT2D eigenvalue weighted by atomic mass is 10.1. The quantitative estimate of drug-likeness (QED) is 0.781. The van der Waals surface area contributed by atoms with Gasteiger partial charge in [-0.25, -0.2) is 0 Å². The highest BCUT2D eigenvalue weighted by atomic mass is 16.5. The van der Waals surface area contributed by atoms with E-state index in [0.29, 0.717) is 6.61 Å². The van der Waals surface area contributed by atoms with E-state index >= 15 is 0 Å². The van der Waals surface area contributed by atoms with Crippen LogP contribution in [-0.2, 0) is 11.3 Å². The Kier molecular flexibility index (Phi) is 5.63. The minimum absolute atomic E-state index is 0.152. The molecule has 0 bridgehead atoms. The molecule has 1 aliphatic rings. The van der Waals surface area contributed by atoms with Gasteiger partial charge in [-0.05, 0) is 37.1 Å². The summed E-state index contributed by atoms with van der Waals surface area (Å²) < 4.78 is 6.28. The summed E-state index contributed by atoms with van der Waals surface area (Å²) in [7, 11) is 0. The lowest BCUT2D eigenvalue weighted by Crippen LogP contribution is -2.34. The molecule has 0 N–H and O–H groups in total. The van der Waals surface area contributed by atoms with Gasteiger partial charge < -0.3 is 9.64 Å². The lowest BCUT2D eigenvalue weighted by Gasteiger charge is -2.30. The number of nitrogens with zero attached hydrogens (tertiary/aromatic N) is 1. The van der Waals surface area contributed by atoms with E-state index in [0.717, 1.165) is 6.54 Å². The van der Waals surface area contributed by atoms with Crippen molar-refractivity contribution in [2.24, 2.45) is 0 Å². The molecule has 1 fully saturated rings. The van der Waals surface area contributed by atoms with Crippen molar-refractivity contribution < 1.29 is 4.74 Å². The number of piperidine rings is 1. The van der Waals surface area contributed by atoms with E-state index in [1.165, 1.54) is 43.5 Å². The highest BCUT2D eigenvalue weighted by Gasteiger charge is 2.18. The zero-order chi connectivity index (χ0) is 15.0. The Morgan fingerprint density at radius 1 is 0.818 bits per heavy atom. The fourth-order valence-corrected chi connectivity index (χ4v) is 3.07. The van der Waals surface area contributed by atoms with Crippen LogP contribution in [0.5, 0.6) is 0 Å². The highest BCUT2D eigenvalue weighted by molar-refractivity contribution is 5.19. The van der Waals surface area contributed by atoms with E-state index in [2.05, 4.69) is 59.5 Å². The van der Waals surface area contributed by atoms with Gasteiger partial charge in [0.05, 0.1) is 12.7 Å². The van der Waals surface area contributed by atoms with Gasteiger partial charge in [-0.3, -0.25) is 0 Å². The monoisotopic (exact) mass is 295 g/mol. The maximum absolute atomic E-state index is 6.28. The molecule has 0 unspecified atom stereocenters. The minimum Gasteiger partial charge on any atom is -0.368 e. The van der Waals surface area contributed by atoms with Gasteiger partial charge in [0.25, 0.3) is 0 Å². The predicted octanol–water partition coefficient (Wildman–Crippen LogP) is 4.43. The molecule has 1 aliphatic heterocycles. The first-order chi connectivity index (χ1) is 10.9. The van der Waals surface area contributed by atoms with Crippen LogP contribution in [0.3, 0.4) is 0 Å². The Morgan fingerprint density at radius 3 is 2.14 bits per heavy atom. The Hall–Kier alpha value is -1.64. The topological polar surface area (TPSA) is 12.5 Å². The van der Waals surface area contributed by atoms with Crippen LogP contribution in [0.1, 0.15) is 36.5 Å². The van der Waals surface area contributed by atoms with Crippen molar-refractivity contribution in [3.05, 3.63) is 71.8 Å². The van der Waals surface area contributed by atoms with E-state index in [9.17, 15) is 0 Å². The molecule has 2 nitrogen and oxygen atoms in total. The van der Waals surface area contributed by atoms with E-state index in [1.807, 2.05) is 6.07 Å². The third-order valence-corrected chi connectivity index (χ3v) is 4.34. The number of benzene rings is 2. The van der Waals surface area contributed by atoms with Crippen LogP contribution in [0.25, 0.3) is 0 Å². The average Bonchev–Trinajstić information content (AvgIpc) is 2.61. The van der Waals surface area contributed by atoms with E-state index < -0.39 is 0 Å². The number of ether oxygens (including phenoxy) is 1. The van der Waals surface area contributed by atoms with Gasteiger partial charge in [0.15, 0.2) is 0 Å². The van der Waals surface area contributed by atoms with Crippen LogP contribution in [0.2, 0.25) is 0 Å². The first-order valence-electron chi connectivity index (χ1n) is 8.34. The molecule has 0 aliphatic carbocycles. The molecule has 2 heteroatoms. The summed E-state index contributed by atoms with van der Waals surface area (Å²) in [5, 5.41) is 0. The van der Waals surface area contributed by atoms with Crippen molar-refractivity contribution in [2.75, 3.05) is 19.6 Å². The van der Waals surface area contributed by atoms with Gasteiger partial charge in [0.1, 0.15) is 0 Å². The summed E-state index contributed by atoms with van der Waals surface area (Å²) in [5.74, 6) is 0. The molecule has 2 aromatic rings. The highest BCUT2D eigenvalue weighted by Crippen LogP contribution is 2.22. The van der Waals surface area contributed by atoms with Gasteiger partial charge in [-0.15, -0.1) is 0 Å². The molecule has 1 saturated heterocycles. The normalized spacial score (nSPS) is 17.3. The first kappa shape index (κ1) is 15.3. The second-order valence-electron chi connectivity index (χ2n) is 6.06. The fraction of sp³-hybridized carbons (Fsp3) is 0.400. The molecular weight excluding hydrogens is 270 g/mol. The summed E-state index contributed by atoms with van der Waals surface area (Å²) >= 11 is 0. The number of rotatable bonds is 6. The Morgan fingerprint density at radius 2 is 1.45 bits per heavy atom. The van der Waals surface area contributed by atoms with Crippen LogP contribution in [-0.4, -0.2) is 24.5 Å². The van der Waals surface area contributed by atoms with E-state index in [-0.39, 0.29) is 6.10 Å². The van der Waals surface area contributed by atoms with Crippen LogP contribution in [0, 0.1) is 0 Å². The fourth-order valence-electron chi connectivity index (χ4n) is 3.07.